The number of carboxylic acid groups (broad SMARTS) is 1. The van der Waals surface area contributed by atoms with Crippen molar-refractivity contribution in [2.24, 2.45) is 0 Å². The van der Waals surface area contributed by atoms with E-state index in [2.05, 4.69) is 0 Å². The lowest BCUT2D eigenvalue weighted by molar-refractivity contribution is -0.141. The van der Waals surface area contributed by atoms with Gasteiger partial charge in [-0.15, -0.1) is 11.3 Å². The molecule has 1 aromatic rings. The minimum Gasteiger partial charge on any atom is -0.480 e. The van der Waals surface area contributed by atoms with E-state index < -0.39 is 18.1 Å². The zero-order chi connectivity index (χ0) is 11.7. The highest BCUT2D eigenvalue weighted by molar-refractivity contribution is 7.12. The Morgan fingerprint density at radius 1 is 1.50 bits per heavy atom. The number of hydrogen-bond acceptors (Lipinski definition) is 4. The number of β-amino-alcohol motifs (C(OH)–C–C–N with tert-alkyl or cyclic N) is 1. The molecule has 0 aromatic carbocycles. The number of aliphatic hydroxyl groups excluding tert-OH is 1. The zero-order valence-electron chi connectivity index (χ0n) is 8.37. The minimum atomic E-state index is -1.07. The summed E-state index contributed by atoms with van der Waals surface area (Å²) in [6, 6.07) is 2.47. The zero-order valence-corrected chi connectivity index (χ0v) is 9.18. The van der Waals surface area contributed by atoms with Gasteiger partial charge in [-0.3, -0.25) is 4.79 Å². The maximum atomic E-state index is 11.9. The monoisotopic (exact) mass is 241 g/mol. The van der Waals surface area contributed by atoms with Crippen molar-refractivity contribution in [3.05, 3.63) is 22.4 Å². The first-order valence-electron chi connectivity index (χ1n) is 4.85. The summed E-state index contributed by atoms with van der Waals surface area (Å²) in [5, 5.41) is 20.1. The SMILES string of the molecule is O=C(O)[C@@H]1C[C@@H](O)CN1C(=O)c1cccs1. The smallest absolute Gasteiger partial charge is 0.326 e. The van der Waals surface area contributed by atoms with Gasteiger partial charge in [-0.05, 0) is 11.4 Å². The Bertz CT molecular complexity index is 403. The normalized spacial score (nSPS) is 24.7. The van der Waals surface area contributed by atoms with Crippen LogP contribution in [0.15, 0.2) is 17.5 Å². The highest BCUT2D eigenvalue weighted by atomic mass is 32.1. The molecule has 1 amide bonds. The third-order valence-corrected chi connectivity index (χ3v) is 3.41. The largest absolute Gasteiger partial charge is 0.480 e. The van der Waals surface area contributed by atoms with E-state index >= 15 is 0 Å². The van der Waals surface area contributed by atoms with Crippen molar-refractivity contribution in [3.8, 4) is 0 Å². The lowest BCUT2D eigenvalue weighted by atomic mass is 10.2. The van der Waals surface area contributed by atoms with Crippen LogP contribution in [0.5, 0.6) is 0 Å². The molecule has 0 radical (unpaired) electrons. The maximum Gasteiger partial charge on any atom is 0.326 e. The molecule has 2 heterocycles. The van der Waals surface area contributed by atoms with Crippen molar-refractivity contribution in [2.45, 2.75) is 18.6 Å². The van der Waals surface area contributed by atoms with E-state index in [1.54, 1.807) is 17.5 Å². The van der Waals surface area contributed by atoms with Gasteiger partial charge in [-0.1, -0.05) is 6.07 Å². The van der Waals surface area contributed by atoms with Crippen molar-refractivity contribution in [3.63, 3.8) is 0 Å². The quantitative estimate of drug-likeness (QED) is 0.786. The molecule has 5 nitrogen and oxygen atoms in total. The molecule has 1 fully saturated rings. The van der Waals surface area contributed by atoms with E-state index in [9.17, 15) is 14.7 Å². The van der Waals surface area contributed by atoms with Crippen LogP contribution in [0.3, 0.4) is 0 Å². The van der Waals surface area contributed by atoms with E-state index in [0.29, 0.717) is 4.88 Å². The molecule has 0 saturated carbocycles. The van der Waals surface area contributed by atoms with Crippen LogP contribution in [0.25, 0.3) is 0 Å². The Kier molecular flexibility index (Phi) is 2.93. The summed E-state index contributed by atoms with van der Waals surface area (Å²) in [5.41, 5.74) is 0. The predicted molar refractivity (Wildman–Crippen MR) is 57.4 cm³/mol. The van der Waals surface area contributed by atoms with E-state index in [-0.39, 0.29) is 18.9 Å². The first-order valence-corrected chi connectivity index (χ1v) is 5.73. The molecule has 0 unspecified atom stereocenters. The molecule has 2 N–H and O–H groups in total. The summed E-state index contributed by atoms with van der Waals surface area (Å²) >= 11 is 1.27. The van der Waals surface area contributed by atoms with Crippen molar-refractivity contribution >= 4 is 23.2 Å². The summed E-state index contributed by atoms with van der Waals surface area (Å²) in [6.45, 7) is 0.0910. The van der Waals surface area contributed by atoms with E-state index in [1.165, 1.54) is 16.2 Å². The van der Waals surface area contributed by atoms with Crippen LogP contribution in [0, 0.1) is 0 Å². The summed E-state index contributed by atoms with van der Waals surface area (Å²) in [5.74, 6) is -1.39. The second-order valence-electron chi connectivity index (χ2n) is 3.68. The van der Waals surface area contributed by atoms with E-state index in [4.69, 9.17) is 5.11 Å². The topological polar surface area (TPSA) is 77.8 Å². The second kappa shape index (κ2) is 4.23. The molecule has 2 atom stereocenters. The Hall–Kier alpha value is -1.40. The highest BCUT2D eigenvalue weighted by Gasteiger charge is 2.39. The van der Waals surface area contributed by atoms with Gasteiger partial charge in [0.1, 0.15) is 6.04 Å². The molecule has 0 spiro atoms. The Morgan fingerprint density at radius 2 is 2.25 bits per heavy atom. The summed E-state index contributed by atoms with van der Waals surface area (Å²) in [4.78, 5) is 24.6. The molecule has 0 bridgehead atoms. The average Bonchev–Trinajstić information content (AvgIpc) is 2.84. The number of hydrogen-bond donors (Lipinski definition) is 2. The molecule has 6 heteroatoms. The number of carbonyl (C=O) groups excluding carboxylic acids is 1. The molecule has 1 aromatic heterocycles. The number of aliphatic carboxylic acids is 1. The van der Waals surface area contributed by atoms with E-state index in [1.807, 2.05) is 0 Å². The van der Waals surface area contributed by atoms with Crippen LogP contribution in [0.2, 0.25) is 0 Å². The van der Waals surface area contributed by atoms with Crippen LogP contribution in [-0.2, 0) is 4.79 Å². The van der Waals surface area contributed by atoms with Crippen molar-refractivity contribution < 1.29 is 19.8 Å². The molecular weight excluding hydrogens is 230 g/mol. The standard InChI is InChI=1S/C10H11NO4S/c12-6-4-7(10(14)15)11(5-6)9(13)8-2-1-3-16-8/h1-3,6-7,12H,4-5H2,(H,14,15)/t6-,7+/m1/s1. The first kappa shape index (κ1) is 11.1. The van der Waals surface area contributed by atoms with Crippen molar-refractivity contribution in [1.82, 2.24) is 4.90 Å². The predicted octanol–water partition coefficient (Wildman–Crippen LogP) is 0.408. The van der Waals surface area contributed by atoms with Gasteiger partial charge in [0.05, 0.1) is 11.0 Å². The van der Waals surface area contributed by atoms with Gasteiger partial charge in [0.2, 0.25) is 0 Å². The Labute approximate surface area is 95.9 Å². The van der Waals surface area contributed by atoms with Crippen LogP contribution in [0.1, 0.15) is 16.1 Å². The second-order valence-corrected chi connectivity index (χ2v) is 4.63. The Morgan fingerprint density at radius 3 is 2.81 bits per heavy atom. The molecule has 1 saturated heterocycles. The number of aliphatic hydroxyl groups is 1. The first-order chi connectivity index (χ1) is 7.59. The molecule has 16 heavy (non-hydrogen) atoms. The highest BCUT2D eigenvalue weighted by Crippen LogP contribution is 2.22. The molecule has 1 aliphatic rings. The number of carbonyl (C=O) groups is 2. The third kappa shape index (κ3) is 1.94. The molecular formula is C10H11NO4S. The number of thiophene rings is 1. The van der Waals surface area contributed by atoms with Crippen molar-refractivity contribution in [2.75, 3.05) is 6.54 Å². The summed E-state index contributed by atoms with van der Waals surface area (Å²) < 4.78 is 0. The van der Waals surface area contributed by atoms with Gasteiger partial charge in [0.25, 0.3) is 5.91 Å². The van der Waals surface area contributed by atoms with Gasteiger partial charge in [-0.2, -0.15) is 0 Å². The number of carboxylic acids is 1. The molecule has 1 aliphatic heterocycles. The van der Waals surface area contributed by atoms with Gasteiger partial charge in [0, 0.05) is 13.0 Å². The lowest BCUT2D eigenvalue weighted by Crippen LogP contribution is -2.40. The number of rotatable bonds is 2. The molecule has 2 rings (SSSR count). The van der Waals surface area contributed by atoms with E-state index in [0.717, 1.165) is 0 Å². The lowest BCUT2D eigenvalue weighted by Gasteiger charge is -2.20. The van der Waals surface area contributed by atoms with Crippen molar-refractivity contribution in [1.29, 1.82) is 0 Å². The van der Waals surface area contributed by atoms with Crippen LogP contribution >= 0.6 is 11.3 Å². The van der Waals surface area contributed by atoms with Gasteiger partial charge in [0.15, 0.2) is 0 Å². The summed E-state index contributed by atoms with van der Waals surface area (Å²) in [6.07, 6.45) is -0.642. The summed E-state index contributed by atoms with van der Waals surface area (Å²) in [7, 11) is 0. The number of nitrogens with zero attached hydrogens (tertiary/aromatic N) is 1. The van der Waals surface area contributed by atoms with Crippen LogP contribution in [0.4, 0.5) is 0 Å². The van der Waals surface area contributed by atoms with Gasteiger partial charge in [-0.25, -0.2) is 4.79 Å². The van der Waals surface area contributed by atoms with Crippen LogP contribution < -0.4 is 0 Å². The fraction of sp³-hybridized carbons (Fsp3) is 0.400. The minimum absolute atomic E-state index is 0.0910. The fourth-order valence-corrected chi connectivity index (χ4v) is 2.49. The third-order valence-electron chi connectivity index (χ3n) is 2.56. The maximum absolute atomic E-state index is 11.9. The molecule has 86 valence electrons. The number of amides is 1. The fourth-order valence-electron chi connectivity index (χ4n) is 1.81. The number of likely N-dealkylation sites (tertiary alicyclic amines) is 1. The van der Waals surface area contributed by atoms with Gasteiger partial charge >= 0.3 is 5.97 Å². The Balaban J connectivity index is 2.20. The van der Waals surface area contributed by atoms with Gasteiger partial charge < -0.3 is 15.1 Å². The average molecular weight is 241 g/mol. The molecule has 0 aliphatic carbocycles. The van der Waals surface area contributed by atoms with Crippen LogP contribution in [-0.4, -0.2) is 45.7 Å².